The molecule has 0 aliphatic carbocycles. The average Bonchev–Trinajstić information content (AvgIpc) is 1.89. The van der Waals surface area contributed by atoms with Crippen molar-refractivity contribution in [1.29, 1.82) is 0 Å². The zero-order valence-electron chi connectivity index (χ0n) is 9.03. The largest absolute Gasteiger partial charge is 0.394 e. The molecule has 14 heteroatoms. The number of hydrogen-bond acceptors (Lipinski definition) is 5. The number of alkyl halides is 6. The highest BCUT2D eigenvalue weighted by Gasteiger charge is 2.30. The van der Waals surface area contributed by atoms with E-state index in [2.05, 4.69) is 4.74 Å². The number of rotatable bonds is 2. The van der Waals surface area contributed by atoms with Gasteiger partial charge >= 0.3 is 22.3 Å². The van der Waals surface area contributed by atoms with Crippen molar-refractivity contribution >= 4 is 91.9 Å². The van der Waals surface area contributed by atoms with Crippen LogP contribution in [0.5, 0.6) is 0 Å². The van der Waals surface area contributed by atoms with Crippen LogP contribution in [0.25, 0.3) is 0 Å². The number of ether oxygens (including phenoxy) is 1. The third-order valence-corrected chi connectivity index (χ3v) is 1.72. The maximum absolute atomic E-state index is 10.9. The second-order valence-electron chi connectivity index (χ2n) is 2.88. The Morgan fingerprint density at radius 2 is 1.05 bits per heavy atom. The number of esters is 2. The Balaban J connectivity index is 0. The molecule has 0 rings (SSSR count). The predicted octanol–water partition coefficient (Wildman–Crippen LogP) is 2.92. The minimum atomic E-state index is -4.67. The summed E-state index contributed by atoms with van der Waals surface area (Å²) in [5.41, 5.74) is 0. The number of carbonyl (C=O) groups is 2. The lowest BCUT2D eigenvalue weighted by Crippen LogP contribution is -2.21. The highest BCUT2D eigenvalue weighted by atomic mass is 35.6. The number of carbonyl (C=O) groups excluding carboxylic acids is 2. The fourth-order valence-electron chi connectivity index (χ4n) is 0.526. The third kappa shape index (κ3) is 27.2. The zero-order valence-corrected chi connectivity index (χ0v) is 14.4. The van der Waals surface area contributed by atoms with Gasteiger partial charge in [-0.1, -0.05) is 69.6 Å². The summed E-state index contributed by atoms with van der Waals surface area (Å²) < 4.78 is 32.2. The SMILES string of the molecule is O=C(CC(Cl)(Cl)Cl)OC(=O)CC(Cl)(Cl)Cl.O=S(=O)(O)O. The first-order chi connectivity index (χ1) is 8.49. The maximum Gasteiger partial charge on any atom is 0.394 e. The van der Waals surface area contributed by atoms with E-state index in [9.17, 15) is 9.59 Å². The van der Waals surface area contributed by atoms with Gasteiger partial charge in [-0.25, -0.2) is 0 Å². The van der Waals surface area contributed by atoms with Gasteiger partial charge in [0.15, 0.2) is 0 Å². The summed E-state index contributed by atoms with van der Waals surface area (Å²) in [7, 11) is -4.67. The van der Waals surface area contributed by atoms with E-state index < -0.39 is 42.8 Å². The van der Waals surface area contributed by atoms with E-state index in [0.717, 1.165) is 0 Å². The fraction of sp³-hybridized carbons (Fsp3) is 0.667. The van der Waals surface area contributed by atoms with Crippen molar-refractivity contribution < 1.29 is 31.8 Å². The molecule has 0 aromatic rings. The molecule has 20 heavy (non-hydrogen) atoms. The number of hydrogen-bond donors (Lipinski definition) is 2. The Morgan fingerprint density at radius 1 is 0.850 bits per heavy atom. The highest BCUT2D eigenvalue weighted by Crippen LogP contribution is 2.32. The van der Waals surface area contributed by atoms with E-state index in [1.807, 2.05) is 0 Å². The van der Waals surface area contributed by atoms with Crippen LogP contribution in [-0.2, 0) is 24.7 Å². The minimum Gasteiger partial charge on any atom is -0.393 e. The molecule has 0 fully saturated rings. The van der Waals surface area contributed by atoms with Crippen molar-refractivity contribution in [3.05, 3.63) is 0 Å². The second-order valence-corrected chi connectivity index (χ2v) is 8.81. The Bertz CT molecular complexity index is 402. The summed E-state index contributed by atoms with van der Waals surface area (Å²) in [5.74, 6) is -2.01. The summed E-state index contributed by atoms with van der Waals surface area (Å²) >= 11 is 31.7. The Morgan fingerprint density at radius 3 is 1.20 bits per heavy atom. The molecule has 0 heterocycles. The van der Waals surface area contributed by atoms with Crippen LogP contribution in [0.1, 0.15) is 12.8 Å². The topological polar surface area (TPSA) is 118 Å². The van der Waals surface area contributed by atoms with Gasteiger partial charge < -0.3 is 4.74 Å². The van der Waals surface area contributed by atoms with Crippen molar-refractivity contribution in [2.45, 2.75) is 20.4 Å². The van der Waals surface area contributed by atoms with Gasteiger partial charge in [0.05, 0.1) is 12.8 Å². The Hall–Kier alpha value is 0.750. The van der Waals surface area contributed by atoms with Gasteiger partial charge in [-0.05, 0) is 0 Å². The van der Waals surface area contributed by atoms with Gasteiger partial charge in [0, 0.05) is 0 Å². The molecule has 0 aromatic heterocycles. The molecule has 0 bridgehead atoms. The molecule has 0 saturated heterocycles. The van der Waals surface area contributed by atoms with Crippen molar-refractivity contribution in [3.8, 4) is 0 Å². The molecule has 0 spiro atoms. The summed E-state index contributed by atoms with van der Waals surface area (Å²) in [4.78, 5) is 21.9. The molecular formula is C6H6Cl6O7S. The van der Waals surface area contributed by atoms with Gasteiger partial charge in [0.1, 0.15) is 0 Å². The van der Waals surface area contributed by atoms with Gasteiger partial charge in [-0.3, -0.25) is 18.7 Å². The van der Waals surface area contributed by atoms with Crippen LogP contribution in [0.3, 0.4) is 0 Å². The van der Waals surface area contributed by atoms with E-state index in [4.69, 9.17) is 87.1 Å². The van der Waals surface area contributed by atoms with Crippen molar-refractivity contribution in [2.24, 2.45) is 0 Å². The van der Waals surface area contributed by atoms with E-state index in [-0.39, 0.29) is 0 Å². The lowest BCUT2D eigenvalue weighted by atomic mass is 10.4. The molecule has 0 amide bonds. The predicted molar refractivity (Wildman–Crippen MR) is 75.1 cm³/mol. The fourth-order valence-corrected chi connectivity index (χ4v) is 1.18. The lowest BCUT2D eigenvalue weighted by Gasteiger charge is -2.11. The normalized spacial score (nSPS) is 12.2. The van der Waals surface area contributed by atoms with E-state index in [1.165, 1.54) is 0 Å². The first-order valence-corrected chi connectivity index (χ1v) is 7.73. The van der Waals surface area contributed by atoms with Crippen LogP contribution < -0.4 is 0 Å². The first kappa shape index (κ1) is 23.0. The third-order valence-electron chi connectivity index (χ3n) is 0.917. The first-order valence-electron chi connectivity index (χ1n) is 4.06. The molecule has 0 saturated carbocycles. The Kier molecular flexibility index (Phi) is 10.4. The molecule has 0 unspecified atom stereocenters. The molecule has 0 aromatic carbocycles. The molecule has 2 N–H and O–H groups in total. The molecule has 0 aliphatic heterocycles. The summed E-state index contributed by atoms with van der Waals surface area (Å²) in [6.07, 6.45) is -1.13. The zero-order chi connectivity index (χ0) is 16.8. The standard InChI is InChI=1S/C6H4Cl6O3.H2O4S/c7-5(8,9)1-3(13)15-4(14)2-6(10,11)12;1-5(2,3)4/h1-2H2;(H2,1,2,3,4). The number of halogens is 6. The summed E-state index contributed by atoms with van der Waals surface area (Å²) in [6.45, 7) is 0. The molecule has 0 atom stereocenters. The van der Waals surface area contributed by atoms with Crippen molar-refractivity contribution in [1.82, 2.24) is 0 Å². The van der Waals surface area contributed by atoms with E-state index in [0.29, 0.717) is 0 Å². The van der Waals surface area contributed by atoms with Crippen LogP contribution >= 0.6 is 69.6 Å². The lowest BCUT2D eigenvalue weighted by molar-refractivity contribution is -0.159. The molecular weight excluding hydrogens is 429 g/mol. The van der Waals surface area contributed by atoms with Crippen LogP contribution in [0, 0.1) is 0 Å². The average molecular weight is 435 g/mol. The molecule has 120 valence electrons. The minimum absolute atomic E-state index is 0.566. The maximum atomic E-state index is 10.9. The van der Waals surface area contributed by atoms with E-state index >= 15 is 0 Å². The summed E-state index contributed by atoms with van der Waals surface area (Å²) in [5, 5.41) is 0. The van der Waals surface area contributed by atoms with Gasteiger partial charge in [-0.2, -0.15) is 8.42 Å². The van der Waals surface area contributed by atoms with Crippen molar-refractivity contribution in [2.75, 3.05) is 0 Å². The summed E-state index contributed by atoms with van der Waals surface area (Å²) in [6, 6.07) is 0. The van der Waals surface area contributed by atoms with Crippen LogP contribution in [0.4, 0.5) is 0 Å². The van der Waals surface area contributed by atoms with Gasteiger partial charge in [-0.15, -0.1) is 0 Å². The van der Waals surface area contributed by atoms with Crippen LogP contribution in [0.15, 0.2) is 0 Å². The highest BCUT2D eigenvalue weighted by molar-refractivity contribution is 7.79. The van der Waals surface area contributed by atoms with E-state index in [1.54, 1.807) is 0 Å². The Labute approximate surface area is 143 Å². The van der Waals surface area contributed by atoms with Gasteiger partial charge in [0.25, 0.3) is 0 Å². The molecule has 7 nitrogen and oxygen atoms in total. The van der Waals surface area contributed by atoms with Crippen molar-refractivity contribution in [3.63, 3.8) is 0 Å². The monoisotopic (exact) mass is 432 g/mol. The van der Waals surface area contributed by atoms with Crippen LogP contribution in [0.2, 0.25) is 0 Å². The quantitative estimate of drug-likeness (QED) is 0.297. The second kappa shape index (κ2) is 9.02. The van der Waals surface area contributed by atoms with Crippen LogP contribution in [-0.4, -0.2) is 37.0 Å². The molecule has 0 aliphatic rings. The van der Waals surface area contributed by atoms with Gasteiger partial charge in [0.2, 0.25) is 7.59 Å². The molecule has 0 radical (unpaired) electrons. The smallest absolute Gasteiger partial charge is 0.393 e.